The standard InChI is InChI=1S/C18H18Cl2N6O/c1-11-22-23-16-4-5-17(24-26(11)16)25-8-6-12(7-9-25)18(27)21-15-3-2-13(19)10-14(15)20/h2-5,10,12H,6-9H2,1H3,(H,21,27). The zero-order valence-electron chi connectivity index (χ0n) is 14.7. The van der Waals surface area contributed by atoms with Crippen LogP contribution in [0.15, 0.2) is 30.3 Å². The molecule has 3 aromatic rings. The van der Waals surface area contributed by atoms with Crippen molar-refractivity contribution in [1.29, 1.82) is 0 Å². The van der Waals surface area contributed by atoms with E-state index < -0.39 is 0 Å². The summed E-state index contributed by atoms with van der Waals surface area (Å²) in [5.74, 6) is 1.54. The molecule has 0 bridgehead atoms. The van der Waals surface area contributed by atoms with Gasteiger partial charge in [-0.15, -0.1) is 15.3 Å². The number of rotatable bonds is 3. The third kappa shape index (κ3) is 3.70. The van der Waals surface area contributed by atoms with Crippen LogP contribution in [0.4, 0.5) is 11.5 Å². The van der Waals surface area contributed by atoms with Crippen LogP contribution in [-0.4, -0.2) is 38.8 Å². The Morgan fingerprint density at radius 3 is 2.67 bits per heavy atom. The fraction of sp³-hybridized carbons (Fsp3) is 0.333. The van der Waals surface area contributed by atoms with Crippen molar-refractivity contribution in [3.8, 4) is 0 Å². The summed E-state index contributed by atoms with van der Waals surface area (Å²) >= 11 is 12.0. The Bertz CT molecular complexity index is 997. The van der Waals surface area contributed by atoms with Crippen molar-refractivity contribution in [2.75, 3.05) is 23.3 Å². The van der Waals surface area contributed by atoms with Crippen molar-refractivity contribution in [3.05, 3.63) is 46.2 Å². The van der Waals surface area contributed by atoms with Gasteiger partial charge in [0.1, 0.15) is 5.82 Å². The maximum absolute atomic E-state index is 12.6. The lowest BCUT2D eigenvalue weighted by Crippen LogP contribution is -2.38. The predicted molar refractivity (Wildman–Crippen MR) is 106 cm³/mol. The fourth-order valence-corrected chi connectivity index (χ4v) is 3.71. The van der Waals surface area contributed by atoms with Gasteiger partial charge in [0.05, 0.1) is 10.7 Å². The smallest absolute Gasteiger partial charge is 0.227 e. The number of benzene rings is 1. The summed E-state index contributed by atoms with van der Waals surface area (Å²) in [6.07, 6.45) is 1.50. The summed E-state index contributed by atoms with van der Waals surface area (Å²) in [5.41, 5.74) is 1.31. The molecule has 1 N–H and O–H groups in total. The molecule has 140 valence electrons. The number of anilines is 2. The molecular weight excluding hydrogens is 387 g/mol. The van der Waals surface area contributed by atoms with E-state index in [1.54, 1.807) is 22.7 Å². The van der Waals surface area contributed by atoms with Gasteiger partial charge in [0.25, 0.3) is 0 Å². The molecule has 1 aromatic carbocycles. The number of nitrogens with one attached hydrogen (secondary N) is 1. The first-order valence-corrected chi connectivity index (χ1v) is 9.47. The maximum atomic E-state index is 12.6. The lowest BCUT2D eigenvalue weighted by Gasteiger charge is -2.32. The van der Waals surface area contributed by atoms with Gasteiger partial charge >= 0.3 is 0 Å². The molecule has 1 aliphatic rings. The van der Waals surface area contributed by atoms with E-state index in [9.17, 15) is 4.79 Å². The van der Waals surface area contributed by atoms with Gasteiger partial charge in [-0.1, -0.05) is 23.2 Å². The third-order valence-electron chi connectivity index (χ3n) is 4.78. The molecule has 1 amide bonds. The van der Waals surface area contributed by atoms with Gasteiger partial charge < -0.3 is 10.2 Å². The molecule has 1 fully saturated rings. The number of hydrogen-bond acceptors (Lipinski definition) is 5. The van der Waals surface area contributed by atoms with Crippen LogP contribution in [0.5, 0.6) is 0 Å². The van der Waals surface area contributed by atoms with Crippen LogP contribution in [0.2, 0.25) is 10.0 Å². The molecular formula is C18H18Cl2N6O. The topological polar surface area (TPSA) is 75.4 Å². The van der Waals surface area contributed by atoms with Gasteiger partial charge in [-0.05, 0) is 50.1 Å². The number of piperidine rings is 1. The normalized spacial score (nSPS) is 15.3. The Labute approximate surface area is 166 Å². The molecule has 0 atom stereocenters. The second-order valence-electron chi connectivity index (χ2n) is 6.58. The van der Waals surface area contributed by atoms with Gasteiger partial charge in [0.15, 0.2) is 11.5 Å². The Kier molecular flexibility index (Phi) is 4.88. The van der Waals surface area contributed by atoms with Crippen LogP contribution in [0.25, 0.3) is 5.65 Å². The highest BCUT2D eigenvalue weighted by molar-refractivity contribution is 6.36. The number of aryl methyl sites for hydroxylation is 1. The highest BCUT2D eigenvalue weighted by Gasteiger charge is 2.26. The molecule has 0 radical (unpaired) electrons. The number of amides is 1. The van der Waals surface area contributed by atoms with E-state index in [1.165, 1.54) is 0 Å². The number of carbonyl (C=O) groups excluding carboxylic acids is 1. The molecule has 2 aromatic heterocycles. The average molecular weight is 405 g/mol. The monoisotopic (exact) mass is 404 g/mol. The molecule has 4 rings (SSSR count). The quantitative estimate of drug-likeness (QED) is 0.721. The average Bonchev–Trinajstić information content (AvgIpc) is 3.04. The lowest BCUT2D eigenvalue weighted by molar-refractivity contribution is -0.120. The summed E-state index contributed by atoms with van der Waals surface area (Å²) < 4.78 is 1.73. The van der Waals surface area contributed by atoms with Crippen LogP contribution >= 0.6 is 23.2 Å². The Hall–Kier alpha value is -2.38. The third-order valence-corrected chi connectivity index (χ3v) is 5.33. The van der Waals surface area contributed by atoms with E-state index in [2.05, 4.69) is 25.5 Å². The van der Waals surface area contributed by atoms with Crippen molar-refractivity contribution in [1.82, 2.24) is 19.8 Å². The number of aromatic nitrogens is 4. The Balaban J connectivity index is 1.40. The molecule has 3 heterocycles. The predicted octanol–water partition coefficient (Wildman–Crippen LogP) is 3.59. The summed E-state index contributed by atoms with van der Waals surface area (Å²) in [5, 5.41) is 16.6. The first-order valence-electron chi connectivity index (χ1n) is 8.71. The van der Waals surface area contributed by atoms with E-state index in [0.717, 1.165) is 43.2 Å². The number of nitrogens with zero attached hydrogens (tertiary/aromatic N) is 5. The Morgan fingerprint density at radius 1 is 1.15 bits per heavy atom. The summed E-state index contributed by atoms with van der Waals surface area (Å²) in [7, 11) is 0. The number of hydrogen-bond donors (Lipinski definition) is 1. The number of fused-ring (bicyclic) bond motifs is 1. The maximum Gasteiger partial charge on any atom is 0.227 e. The van der Waals surface area contributed by atoms with Crippen molar-refractivity contribution >= 4 is 46.3 Å². The van der Waals surface area contributed by atoms with Crippen molar-refractivity contribution < 1.29 is 4.79 Å². The van der Waals surface area contributed by atoms with Crippen molar-refractivity contribution in [2.24, 2.45) is 5.92 Å². The van der Waals surface area contributed by atoms with Gasteiger partial charge in [-0.25, -0.2) is 0 Å². The number of carbonyl (C=O) groups is 1. The van der Waals surface area contributed by atoms with Crippen LogP contribution in [-0.2, 0) is 4.79 Å². The van der Waals surface area contributed by atoms with E-state index in [4.69, 9.17) is 23.2 Å². The Morgan fingerprint density at radius 2 is 1.93 bits per heavy atom. The first-order chi connectivity index (χ1) is 13.0. The molecule has 27 heavy (non-hydrogen) atoms. The molecule has 9 heteroatoms. The van der Waals surface area contributed by atoms with E-state index >= 15 is 0 Å². The molecule has 7 nitrogen and oxygen atoms in total. The van der Waals surface area contributed by atoms with Gasteiger partial charge in [0, 0.05) is 24.0 Å². The second kappa shape index (κ2) is 7.32. The highest BCUT2D eigenvalue weighted by atomic mass is 35.5. The SMILES string of the molecule is Cc1nnc2ccc(N3CCC(C(=O)Nc4ccc(Cl)cc4Cl)CC3)nn12. The van der Waals surface area contributed by atoms with Gasteiger partial charge in [-0.2, -0.15) is 4.52 Å². The zero-order valence-corrected chi connectivity index (χ0v) is 16.2. The number of halogens is 2. The van der Waals surface area contributed by atoms with Crippen molar-refractivity contribution in [2.45, 2.75) is 19.8 Å². The molecule has 1 saturated heterocycles. The largest absolute Gasteiger partial charge is 0.355 e. The van der Waals surface area contributed by atoms with Gasteiger partial charge in [0.2, 0.25) is 5.91 Å². The van der Waals surface area contributed by atoms with Crippen LogP contribution in [0.1, 0.15) is 18.7 Å². The molecule has 0 unspecified atom stereocenters. The molecule has 1 aliphatic heterocycles. The van der Waals surface area contributed by atoms with E-state index in [1.807, 2.05) is 19.1 Å². The van der Waals surface area contributed by atoms with E-state index in [0.29, 0.717) is 15.7 Å². The minimum atomic E-state index is -0.0617. The summed E-state index contributed by atoms with van der Waals surface area (Å²) in [6, 6.07) is 8.90. The lowest BCUT2D eigenvalue weighted by atomic mass is 9.96. The molecule has 0 saturated carbocycles. The van der Waals surface area contributed by atoms with E-state index in [-0.39, 0.29) is 11.8 Å². The van der Waals surface area contributed by atoms with Crippen molar-refractivity contribution in [3.63, 3.8) is 0 Å². The fourth-order valence-electron chi connectivity index (χ4n) is 3.25. The zero-order chi connectivity index (χ0) is 19.0. The minimum absolute atomic E-state index is 0.0167. The highest BCUT2D eigenvalue weighted by Crippen LogP contribution is 2.28. The van der Waals surface area contributed by atoms with Crippen LogP contribution in [0.3, 0.4) is 0 Å². The van der Waals surface area contributed by atoms with Crippen LogP contribution in [0, 0.1) is 12.8 Å². The van der Waals surface area contributed by atoms with Crippen LogP contribution < -0.4 is 10.2 Å². The molecule has 0 aliphatic carbocycles. The summed E-state index contributed by atoms with van der Waals surface area (Å²) in [6.45, 7) is 3.38. The summed E-state index contributed by atoms with van der Waals surface area (Å²) in [4.78, 5) is 14.8. The minimum Gasteiger partial charge on any atom is -0.355 e. The van der Waals surface area contributed by atoms with Gasteiger partial charge in [-0.3, -0.25) is 4.79 Å². The molecule has 0 spiro atoms. The second-order valence-corrected chi connectivity index (χ2v) is 7.43. The first kappa shape index (κ1) is 18.0.